The highest BCUT2D eigenvalue weighted by Crippen LogP contribution is 1.87. The van der Waals surface area contributed by atoms with E-state index in [2.05, 4.69) is 0 Å². The molecule has 1 aromatic carbocycles. The molecule has 0 aliphatic heterocycles. The Morgan fingerprint density at radius 2 is 2.20 bits per heavy atom. The molecule has 0 aromatic heterocycles. The Hall–Kier alpha value is -0.370. The predicted molar refractivity (Wildman–Crippen MR) is 20.2 cm³/mol. The topological polar surface area (TPSA) is 17.1 Å². The van der Waals surface area contributed by atoms with Crippen LogP contribution in [0.15, 0.2) is 12.1 Å². The summed E-state index contributed by atoms with van der Waals surface area (Å²) in [6, 6.07) is 3.58. The molecule has 2 heteroatoms. The maximum atomic E-state index is 9.51. The van der Waals surface area contributed by atoms with Crippen molar-refractivity contribution < 1.29 is 4.21 Å². The van der Waals surface area contributed by atoms with Gasteiger partial charge in [-0.25, -0.2) is 4.21 Å². The van der Waals surface area contributed by atoms with Gasteiger partial charge >= 0.3 is 0 Å². The van der Waals surface area contributed by atoms with Crippen LogP contribution in [0.25, 0.3) is 0 Å². The zero-order valence-corrected chi connectivity index (χ0v) is 3.29. The summed E-state index contributed by atoms with van der Waals surface area (Å²) in [5.74, 6) is 0. The summed E-state index contributed by atoms with van der Waals surface area (Å²) >= 11 is 0.546. The van der Waals surface area contributed by atoms with Gasteiger partial charge in [0.05, 0.1) is 15.8 Å². The number of hydrogen-bond donors (Lipinski definition) is 0. The first-order chi connectivity index (χ1) is 2.43. The van der Waals surface area contributed by atoms with E-state index in [9.17, 15) is 4.21 Å². The average molecular weight is 86.1 g/mol. The first kappa shape index (κ1) is 2.85. The van der Waals surface area contributed by atoms with Crippen LogP contribution in [0.1, 0.15) is 0 Å². The second kappa shape index (κ2) is 0.792. The van der Waals surface area contributed by atoms with Crippen molar-refractivity contribution in [1.82, 2.24) is 0 Å². The van der Waals surface area contributed by atoms with Crippen molar-refractivity contribution in [3.05, 3.63) is 16.6 Å². The quantitative estimate of drug-likeness (QED) is 0.415. The Labute approximate surface area is 33.0 Å². The molecule has 5 heavy (non-hydrogen) atoms. The molecule has 0 aliphatic rings. The zero-order valence-electron chi connectivity index (χ0n) is 2.47. The lowest BCUT2D eigenvalue weighted by Gasteiger charge is -1.22. The minimum Gasteiger partial charge on any atom is -0.212 e. The predicted octanol–water partition coefficient (Wildman–Crippen LogP) is 0.307. The molecular formula is C3H2OS. The molecule has 0 saturated heterocycles. The molecule has 1 aromatic rings. The normalized spacial score (nSPS) is 8.80. The van der Waals surface area contributed by atoms with E-state index >= 15 is 0 Å². The molecule has 26 valence electrons. The summed E-state index contributed by atoms with van der Waals surface area (Å²) in [7, 11) is 0. The van der Waals surface area contributed by atoms with Crippen LogP contribution in [0, 0.1) is 4.51 Å². The first-order valence-corrected chi connectivity index (χ1v) is 2.02. The molecule has 0 amide bonds. The molecule has 1 rings (SSSR count). The lowest BCUT2D eigenvalue weighted by molar-refractivity contribution is 0.700. The van der Waals surface area contributed by atoms with E-state index in [1.807, 2.05) is 0 Å². The van der Waals surface area contributed by atoms with Gasteiger partial charge in [-0.1, -0.05) is 0 Å². The lowest BCUT2D eigenvalue weighted by atomic mass is 11.2. The van der Waals surface area contributed by atoms with Gasteiger partial charge in [0.2, 0.25) is 0 Å². The van der Waals surface area contributed by atoms with Crippen molar-refractivity contribution in [1.29, 1.82) is 0 Å². The molecular weight excluding hydrogens is 84.1 g/mol. The highest BCUT2D eigenvalue weighted by molar-refractivity contribution is 7.57. The highest BCUT2D eigenvalue weighted by atomic mass is 32.1. The van der Waals surface area contributed by atoms with Gasteiger partial charge in [-0.2, -0.15) is 0 Å². The Morgan fingerprint density at radius 3 is 2.20 bits per heavy atom. The summed E-state index contributed by atoms with van der Waals surface area (Å²) in [6.07, 6.45) is 0. The third-order valence-corrected chi connectivity index (χ3v) is 0.864. The SMILES string of the molecule is O=S=c1cc1. The van der Waals surface area contributed by atoms with Crippen LogP contribution in [-0.2, 0) is 11.3 Å². The van der Waals surface area contributed by atoms with Crippen molar-refractivity contribution in [2.45, 2.75) is 0 Å². The van der Waals surface area contributed by atoms with E-state index in [1.165, 1.54) is 0 Å². The molecule has 0 unspecified atom stereocenters. The van der Waals surface area contributed by atoms with Crippen LogP contribution in [0.2, 0.25) is 0 Å². The van der Waals surface area contributed by atoms with E-state index in [0.717, 1.165) is 4.51 Å². The van der Waals surface area contributed by atoms with E-state index in [1.54, 1.807) is 12.1 Å². The van der Waals surface area contributed by atoms with E-state index in [0.29, 0.717) is 11.3 Å². The van der Waals surface area contributed by atoms with E-state index < -0.39 is 0 Å². The fourth-order valence-electron chi connectivity index (χ4n) is 0.0896. The van der Waals surface area contributed by atoms with Crippen molar-refractivity contribution >= 4 is 11.3 Å². The van der Waals surface area contributed by atoms with Gasteiger partial charge in [0, 0.05) is 0 Å². The lowest BCUT2D eigenvalue weighted by Crippen LogP contribution is -1.24. The second-order valence-electron chi connectivity index (χ2n) is 0.819. The fourth-order valence-corrected chi connectivity index (χ4v) is 0.269. The minimum absolute atomic E-state index is 0.546. The third-order valence-electron chi connectivity index (χ3n) is 0.399. The molecule has 0 heterocycles. The molecule has 0 atom stereocenters. The Kier molecular flexibility index (Phi) is 0.451. The monoisotopic (exact) mass is 86.0 g/mol. The smallest absolute Gasteiger partial charge is 0.0965 e. The maximum absolute atomic E-state index is 9.51. The fraction of sp³-hybridized carbons (Fsp3) is 0. The molecule has 0 N–H and O–H groups in total. The van der Waals surface area contributed by atoms with Crippen LogP contribution >= 0.6 is 0 Å². The molecule has 0 spiro atoms. The van der Waals surface area contributed by atoms with Crippen LogP contribution in [0.5, 0.6) is 0 Å². The van der Waals surface area contributed by atoms with Gasteiger partial charge in [0.25, 0.3) is 0 Å². The molecule has 1 nitrogen and oxygen atoms in total. The van der Waals surface area contributed by atoms with Crippen molar-refractivity contribution in [3.8, 4) is 0 Å². The second-order valence-corrected chi connectivity index (χ2v) is 1.46. The highest BCUT2D eigenvalue weighted by Gasteiger charge is 1.77. The van der Waals surface area contributed by atoms with Crippen LogP contribution in [-0.4, -0.2) is 4.21 Å². The third kappa shape index (κ3) is 0.450. The summed E-state index contributed by atoms with van der Waals surface area (Å²) in [5, 5.41) is 0. The molecule has 0 bridgehead atoms. The first-order valence-electron chi connectivity index (χ1n) is 1.28. The van der Waals surface area contributed by atoms with Gasteiger partial charge in [-0.05, 0) is 12.1 Å². The van der Waals surface area contributed by atoms with Crippen LogP contribution in [0.4, 0.5) is 0 Å². The standard InChI is InChI=1S/C3H2OS/c4-5-3-1-2-3/h1-2H. The van der Waals surface area contributed by atoms with Crippen LogP contribution < -0.4 is 0 Å². The summed E-state index contributed by atoms with van der Waals surface area (Å²) < 4.78 is 10.4. The Bertz CT molecular complexity index is 143. The van der Waals surface area contributed by atoms with E-state index in [-0.39, 0.29) is 0 Å². The van der Waals surface area contributed by atoms with Gasteiger partial charge in [0.15, 0.2) is 0 Å². The maximum Gasteiger partial charge on any atom is 0.0965 e. The molecule has 0 aliphatic carbocycles. The Balaban J connectivity index is 3.49. The zero-order chi connectivity index (χ0) is 3.70. The molecule has 0 radical (unpaired) electrons. The van der Waals surface area contributed by atoms with Crippen molar-refractivity contribution in [3.63, 3.8) is 0 Å². The number of rotatable bonds is 0. The van der Waals surface area contributed by atoms with Gasteiger partial charge < -0.3 is 0 Å². The summed E-state index contributed by atoms with van der Waals surface area (Å²) in [5.41, 5.74) is 0. The summed E-state index contributed by atoms with van der Waals surface area (Å²) in [4.78, 5) is 0. The van der Waals surface area contributed by atoms with Gasteiger partial charge in [-0.15, -0.1) is 0 Å². The molecule has 0 saturated carbocycles. The van der Waals surface area contributed by atoms with E-state index in [4.69, 9.17) is 0 Å². The van der Waals surface area contributed by atoms with Crippen molar-refractivity contribution in [2.24, 2.45) is 0 Å². The molecule has 0 fully saturated rings. The van der Waals surface area contributed by atoms with Gasteiger partial charge in [-0.3, -0.25) is 0 Å². The summed E-state index contributed by atoms with van der Waals surface area (Å²) in [6.45, 7) is 0. The van der Waals surface area contributed by atoms with Gasteiger partial charge in [0.1, 0.15) is 0 Å². The van der Waals surface area contributed by atoms with Crippen molar-refractivity contribution in [2.75, 3.05) is 0 Å². The average Bonchev–Trinajstić information content (AvgIpc) is 2.12. The Morgan fingerprint density at radius 1 is 1.60 bits per heavy atom. The largest absolute Gasteiger partial charge is 0.212 e. The van der Waals surface area contributed by atoms with Crippen LogP contribution in [0.3, 0.4) is 0 Å². The number of hydrogen-bond acceptors (Lipinski definition) is 1. The minimum atomic E-state index is 0.546.